The zero-order chi connectivity index (χ0) is 19.5. The Labute approximate surface area is 165 Å². The minimum Gasteiger partial charge on any atom is -0.493 e. The van der Waals surface area contributed by atoms with Crippen LogP contribution in [0, 0.1) is 0 Å². The van der Waals surface area contributed by atoms with E-state index in [0.717, 1.165) is 53.9 Å². The molecule has 0 bridgehead atoms. The first-order chi connectivity index (χ1) is 13.7. The number of carbonyl (C=O) groups excluding carboxylic acids is 2. The lowest BCUT2D eigenvalue weighted by Crippen LogP contribution is -2.36. The van der Waals surface area contributed by atoms with Crippen LogP contribution >= 0.6 is 0 Å². The molecular formula is C23H26N2O3. The molecule has 5 heteroatoms. The summed E-state index contributed by atoms with van der Waals surface area (Å²) in [5, 5.41) is 3.48. The summed E-state index contributed by atoms with van der Waals surface area (Å²) in [6, 6.07) is 12.4. The molecule has 4 rings (SSSR count). The van der Waals surface area contributed by atoms with Gasteiger partial charge in [-0.1, -0.05) is 31.2 Å². The largest absolute Gasteiger partial charge is 0.493 e. The van der Waals surface area contributed by atoms with Crippen molar-refractivity contribution in [2.75, 3.05) is 23.4 Å². The molecule has 0 saturated carbocycles. The summed E-state index contributed by atoms with van der Waals surface area (Å²) in [4.78, 5) is 25.2. The highest BCUT2D eigenvalue weighted by molar-refractivity contribution is 5.95. The fourth-order valence-corrected chi connectivity index (χ4v) is 4.21. The predicted octanol–water partition coefficient (Wildman–Crippen LogP) is 4.05. The van der Waals surface area contributed by atoms with Crippen molar-refractivity contribution in [2.45, 2.75) is 45.1 Å². The molecule has 1 N–H and O–H groups in total. The van der Waals surface area contributed by atoms with Gasteiger partial charge in [0.25, 0.3) is 0 Å². The lowest BCUT2D eigenvalue weighted by Gasteiger charge is -2.31. The number of benzene rings is 2. The quantitative estimate of drug-likeness (QED) is 0.771. The number of fused-ring (bicyclic) bond motifs is 2. The Hall–Kier alpha value is -2.82. The number of aldehydes is 1. The third kappa shape index (κ3) is 3.49. The number of nitrogens with zero attached hydrogens (tertiary/aromatic N) is 1. The zero-order valence-electron chi connectivity index (χ0n) is 16.2. The van der Waals surface area contributed by atoms with Crippen LogP contribution < -0.4 is 15.0 Å². The Morgan fingerprint density at radius 1 is 1.32 bits per heavy atom. The van der Waals surface area contributed by atoms with Gasteiger partial charge in [0.05, 0.1) is 12.3 Å². The van der Waals surface area contributed by atoms with Gasteiger partial charge in [-0.2, -0.15) is 0 Å². The Bertz CT molecular complexity index is 893. The van der Waals surface area contributed by atoms with Crippen LogP contribution in [0.1, 0.15) is 48.8 Å². The molecule has 0 aliphatic carbocycles. The molecule has 1 unspecified atom stereocenters. The third-order valence-electron chi connectivity index (χ3n) is 5.66. The summed E-state index contributed by atoms with van der Waals surface area (Å²) < 4.78 is 5.76. The van der Waals surface area contributed by atoms with Crippen LogP contribution in [0.25, 0.3) is 0 Å². The highest BCUT2D eigenvalue weighted by Crippen LogP contribution is 2.38. The monoisotopic (exact) mass is 378 g/mol. The van der Waals surface area contributed by atoms with E-state index in [4.69, 9.17) is 4.74 Å². The smallest absolute Gasteiger partial charge is 0.226 e. The number of amides is 1. The van der Waals surface area contributed by atoms with Gasteiger partial charge in [0.2, 0.25) is 5.91 Å². The van der Waals surface area contributed by atoms with Gasteiger partial charge in [-0.3, -0.25) is 4.79 Å². The lowest BCUT2D eigenvalue weighted by atomic mass is 9.97. The molecular weight excluding hydrogens is 352 g/mol. The normalized spacial score (nSPS) is 17.5. The molecule has 0 spiro atoms. The number of hydrogen-bond acceptors (Lipinski definition) is 4. The van der Waals surface area contributed by atoms with Crippen molar-refractivity contribution in [3.63, 3.8) is 0 Å². The molecule has 146 valence electrons. The number of para-hydroxylation sites is 1. The van der Waals surface area contributed by atoms with E-state index in [1.807, 2.05) is 30.0 Å². The van der Waals surface area contributed by atoms with E-state index < -0.39 is 0 Å². The molecule has 28 heavy (non-hydrogen) atoms. The SMILES string of the molecule is CCC(=O)N1CCCc2cccc(CNc3ccc4c(c3)OCC4CC=O)c21. The van der Waals surface area contributed by atoms with Crippen molar-refractivity contribution in [3.05, 3.63) is 53.1 Å². The van der Waals surface area contributed by atoms with E-state index in [0.29, 0.717) is 26.0 Å². The second-order valence-electron chi connectivity index (χ2n) is 7.44. The van der Waals surface area contributed by atoms with Crippen molar-refractivity contribution in [1.82, 2.24) is 0 Å². The fourth-order valence-electron chi connectivity index (χ4n) is 4.21. The van der Waals surface area contributed by atoms with Gasteiger partial charge in [0.1, 0.15) is 12.0 Å². The van der Waals surface area contributed by atoms with Crippen molar-refractivity contribution < 1.29 is 14.3 Å². The lowest BCUT2D eigenvalue weighted by molar-refractivity contribution is -0.118. The summed E-state index contributed by atoms with van der Waals surface area (Å²) in [6.45, 7) is 3.92. The molecule has 0 saturated heterocycles. The average molecular weight is 378 g/mol. The van der Waals surface area contributed by atoms with E-state index in [1.54, 1.807) is 0 Å². The van der Waals surface area contributed by atoms with Crippen LogP contribution in [-0.2, 0) is 22.6 Å². The van der Waals surface area contributed by atoms with E-state index in [2.05, 4.69) is 23.5 Å². The zero-order valence-corrected chi connectivity index (χ0v) is 16.2. The number of nitrogens with one attached hydrogen (secondary N) is 1. The minimum atomic E-state index is 0.163. The Kier molecular flexibility index (Phi) is 5.33. The van der Waals surface area contributed by atoms with E-state index in [-0.39, 0.29) is 11.8 Å². The van der Waals surface area contributed by atoms with Crippen LogP contribution in [0.15, 0.2) is 36.4 Å². The van der Waals surface area contributed by atoms with Crippen molar-refractivity contribution in [3.8, 4) is 5.75 Å². The second kappa shape index (κ2) is 8.05. The minimum absolute atomic E-state index is 0.163. The van der Waals surface area contributed by atoms with Crippen LogP contribution in [0.4, 0.5) is 11.4 Å². The first-order valence-corrected chi connectivity index (χ1v) is 10.1. The average Bonchev–Trinajstić information content (AvgIpc) is 3.13. The maximum atomic E-state index is 12.4. The topological polar surface area (TPSA) is 58.6 Å². The highest BCUT2D eigenvalue weighted by atomic mass is 16.5. The van der Waals surface area contributed by atoms with E-state index in [1.165, 1.54) is 5.56 Å². The summed E-state index contributed by atoms with van der Waals surface area (Å²) >= 11 is 0. The van der Waals surface area contributed by atoms with Gasteiger partial charge < -0.3 is 19.7 Å². The number of rotatable bonds is 6. The summed E-state index contributed by atoms with van der Waals surface area (Å²) in [5.41, 5.74) is 5.55. The summed E-state index contributed by atoms with van der Waals surface area (Å²) in [5.74, 6) is 1.20. The van der Waals surface area contributed by atoms with Gasteiger partial charge in [0, 0.05) is 49.2 Å². The van der Waals surface area contributed by atoms with Crippen molar-refractivity contribution in [1.29, 1.82) is 0 Å². The molecule has 2 heterocycles. The molecule has 2 aliphatic heterocycles. The number of anilines is 2. The van der Waals surface area contributed by atoms with Crippen molar-refractivity contribution >= 4 is 23.6 Å². The first-order valence-electron chi connectivity index (χ1n) is 10.1. The Balaban J connectivity index is 1.54. The molecule has 2 aromatic carbocycles. The van der Waals surface area contributed by atoms with Gasteiger partial charge in [-0.25, -0.2) is 0 Å². The molecule has 0 aromatic heterocycles. The van der Waals surface area contributed by atoms with Gasteiger partial charge in [-0.15, -0.1) is 0 Å². The summed E-state index contributed by atoms with van der Waals surface area (Å²) in [7, 11) is 0. The maximum absolute atomic E-state index is 12.4. The molecule has 2 aliphatic rings. The molecule has 2 aromatic rings. The number of aryl methyl sites for hydroxylation is 1. The maximum Gasteiger partial charge on any atom is 0.226 e. The molecule has 0 radical (unpaired) electrons. The van der Waals surface area contributed by atoms with Crippen LogP contribution in [0.3, 0.4) is 0 Å². The van der Waals surface area contributed by atoms with Crippen LogP contribution in [-0.4, -0.2) is 25.3 Å². The fraction of sp³-hybridized carbons (Fsp3) is 0.391. The summed E-state index contributed by atoms with van der Waals surface area (Å²) in [6.07, 6.45) is 4.00. The Morgan fingerprint density at radius 2 is 2.21 bits per heavy atom. The highest BCUT2D eigenvalue weighted by Gasteiger charge is 2.25. The van der Waals surface area contributed by atoms with Crippen molar-refractivity contribution in [2.24, 2.45) is 0 Å². The second-order valence-corrected chi connectivity index (χ2v) is 7.44. The van der Waals surface area contributed by atoms with Crippen LogP contribution in [0.5, 0.6) is 5.75 Å². The third-order valence-corrected chi connectivity index (χ3v) is 5.66. The Morgan fingerprint density at radius 3 is 3.04 bits per heavy atom. The van der Waals surface area contributed by atoms with Gasteiger partial charge in [-0.05, 0) is 30.0 Å². The molecule has 0 fully saturated rings. The molecule has 1 amide bonds. The molecule has 5 nitrogen and oxygen atoms in total. The van der Waals surface area contributed by atoms with Gasteiger partial charge in [0.15, 0.2) is 0 Å². The number of hydrogen-bond donors (Lipinski definition) is 1. The van der Waals surface area contributed by atoms with E-state index in [9.17, 15) is 9.59 Å². The first kappa shape index (κ1) is 18.5. The standard InChI is InChI=1S/C23H26N2O3/c1-2-22(27)25-11-4-7-16-5-3-6-17(23(16)25)14-24-19-8-9-20-18(10-12-26)15-28-21(20)13-19/h3,5-6,8-9,12-13,18,24H,2,4,7,10-11,14-15H2,1H3. The number of carbonyl (C=O) groups is 2. The van der Waals surface area contributed by atoms with Gasteiger partial charge >= 0.3 is 0 Å². The number of ether oxygens (including phenoxy) is 1. The molecule has 1 atom stereocenters. The van der Waals surface area contributed by atoms with E-state index >= 15 is 0 Å². The predicted molar refractivity (Wildman–Crippen MR) is 110 cm³/mol. The van der Waals surface area contributed by atoms with Crippen LogP contribution in [0.2, 0.25) is 0 Å².